The molecule has 0 aromatic carbocycles. The molecular weight excluding hydrogens is 1380 g/mol. The molecule has 0 radical (unpaired) electrons. The van der Waals surface area contributed by atoms with E-state index >= 15 is 0 Å². The molecule has 598 valence electrons. The topological polar surface area (TPSA) is 237 Å². The molecule has 5 unspecified atom stereocenters. The van der Waals surface area contributed by atoms with E-state index in [2.05, 4.69) is 210 Å². The van der Waals surface area contributed by atoms with Crippen LogP contribution in [0.25, 0.3) is 0 Å². The van der Waals surface area contributed by atoms with Crippen LogP contribution < -0.4 is 0 Å². The first kappa shape index (κ1) is 99.9. The second-order valence-electron chi connectivity index (χ2n) is 25.5. The van der Waals surface area contributed by atoms with Crippen molar-refractivity contribution in [1.82, 2.24) is 0 Å². The standard InChI is InChI=1S/C87H138O17P2/c1-5-9-13-17-21-25-29-33-36-39-40-43-45-49-52-56-60-64-68-72-85(90)98-78-83(104-87(92)74-70-66-62-58-54-50-46-42-38-35-31-27-23-19-15-11-7-3)80-102-106(95,96)100-76-81(88)75-99-105(93,94)101-79-82(103-86(91)73-69-65-61-57-53-47-32-28-24-20-16-12-8-4)77-97-84(89)71-67-63-59-55-51-48-44-41-37-34-30-26-22-18-14-10-6-2/h9-11,13-16,20-23,25-28,32-38,40,43-44,46,48-50,52,55,59,81-83,88H,5-8,12,17-19,24,29-31,39,41-42,45,47,51,53-54,56-58,60-80H2,1-4H3,(H,93,94)(H,95,96)/b13-9-,14-10-,15-11-,20-16-,25-21-,26-22-,27-23-,32-28-,36-33-,37-34-,38-35-,43-40-,48-44-,50-46-,52-49-,59-55-. The van der Waals surface area contributed by atoms with Crippen molar-refractivity contribution < 1.29 is 80.2 Å². The quantitative estimate of drug-likeness (QED) is 0.0169. The van der Waals surface area contributed by atoms with Crippen molar-refractivity contribution in [2.75, 3.05) is 39.6 Å². The monoisotopic (exact) mass is 1520 g/mol. The summed E-state index contributed by atoms with van der Waals surface area (Å²) >= 11 is 0. The van der Waals surface area contributed by atoms with Gasteiger partial charge < -0.3 is 33.8 Å². The zero-order valence-electron chi connectivity index (χ0n) is 65.3. The van der Waals surface area contributed by atoms with Gasteiger partial charge in [-0.3, -0.25) is 37.3 Å². The number of phosphoric ester groups is 2. The van der Waals surface area contributed by atoms with Gasteiger partial charge in [0.25, 0.3) is 0 Å². The minimum atomic E-state index is -5.01. The second kappa shape index (κ2) is 77.1. The SMILES string of the molecule is CC/C=C\C/C=C\C/C=C\C/C=C\C/C=C\CCCCCC(=O)OCC(COP(=O)(O)OCC(O)COP(=O)(O)OCC(COC(=O)CCC/C=C\C/C=C\C/C=C\C/C=C\C/C=C\CC)OC(=O)CCCCCCC/C=C\C/C=C\CCC)OC(=O)CCCCCC/C=C\C/C=C\C/C=C\C/C=C\CC. The van der Waals surface area contributed by atoms with Gasteiger partial charge >= 0.3 is 39.5 Å². The van der Waals surface area contributed by atoms with Crippen molar-refractivity contribution in [1.29, 1.82) is 0 Å². The molecule has 17 nitrogen and oxygen atoms in total. The molecule has 0 amide bonds. The van der Waals surface area contributed by atoms with E-state index < -0.39 is 97.5 Å². The van der Waals surface area contributed by atoms with E-state index in [1.165, 1.54) is 0 Å². The van der Waals surface area contributed by atoms with E-state index in [9.17, 15) is 43.2 Å². The van der Waals surface area contributed by atoms with Crippen LogP contribution in [0.1, 0.15) is 272 Å². The predicted octanol–water partition coefficient (Wildman–Crippen LogP) is 23.3. The van der Waals surface area contributed by atoms with Crippen LogP contribution in [0.4, 0.5) is 0 Å². The molecule has 0 rings (SSSR count). The summed E-state index contributed by atoms with van der Waals surface area (Å²) in [5.41, 5.74) is 0. The number of unbranched alkanes of at least 4 members (excludes halogenated alkanes) is 14. The van der Waals surface area contributed by atoms with Crippen LogP contribution in [0.15, 0.2) is 194 Å². The van der Waals surface area contributed by atoms with Crippen molar-refractivity contribution in [2.24, 2.45) is 0 Å². The molecule has 0 saturated heterocycles. The third-order valence-corrected chi connectivity index (χ3v) is 17.4. The highest BCUT2D eigenvalue weighted by molar-refractivity contribution is 7.47. The van der Waals surface area contributed by atoms with Crippen molar-refractivity contribution in [3.05, 3.63) is 194 Å². The summed E-state index contributed by atoms with van der Waals surface area (Å²) in [7, 11) is -10.0. The number of rotatable bonds is 72. The van der Waals surface area contributed by atoms with Crippen molar-refractivity contribution >= 4 is 39.5 Å². The molecule has 3 N–H and O–H groups in total. The largest absolute Gasteiger partial charge is 0.472 e. The van der Waals surface area contributed by atoms with Crippen molar-refractivity contribution in [2.45, 2.75) is 290 Å². The molecule has 0 aromatic rings. The molecule has 0 aliphatic rings. The third kappa shape index (κ3) is 76.1. The van der Waals surface area contributed by atoms with Crippen molar-refractivity contribution in [3.63, 3.8) is 0 Å². The molecular formula is C87H138O17P2. The van der Waals surface area contributed by atoms with Crippen LogP contribution in [0.5, 0.6) is 0 Å². The molecule has 0 spiro atoms. The minimum Gasteiger partial charge on any atom is -0.462 e. The lowest BCUT2D eigenvalue weighted by molar-refractivity contribution is -0.161. The zero-order valence-corrected chi connectivity index (χ0v) is 67.1. The summed E-state index contributed by atoms with van der Waals surface area (Å²) < 4.78 is 68.5. The number of aliphatic hydroxyl groups is 1. The van der Waals surface area contributed by atoms with E-state index in [1.807, 2.05) is 12.2 Å². The molecule has 0 bridgehead atoms. The number of hydrogen-bond acceptors (Lipinski definition) is 15. The average molecular weight is 1520 g/mol. The normalized spacial score (nSPS) is 14.9. The summed E-state index contributed by atoms with van der Waals surface area (Å²) in [5, 5.41) is 10.6. The maximum atomic E-state index is 13.1. The minimum absolute atomic E-state index is 0.0495. The van der Waals surface area contributed by atoms with E-state index in [-0.39, 0.29) is 25.7 Å². The van der Waals surface area contributed by atoms with Gasteiger partial charge in [-0.2, -0.15) is 0 Å². The van der Waals surface area contributed by atoms with Gasteiger partial charge in [0, 0.05) is 25.7 Å². The lowest BCUT2D eigenvalue weighted by atomic mass is 10.1. The molecule has 0 aliphatic carbocycles. The molecule has 0 aliphatic heterocycles. The van der Waals surface area contributed by atoms with Crippen LogP contribution in [-0.2, 0) is 65.4 Å². The molecule has 5 atom stereocenters. The van der Waals surface area contributed by atoms with Crippen LogP contribution >= 0.6 is 15.6 Å². The summed E-state index contributed by atoms with van der Waals surface area (Å²) in [6.07, 6.45) is 94.2. The highest BCUT2D eigenvalue weighted by atomic mass is 31.2. The highest BCUT2D eigenvalue weighted by Crippen LogP contribution is 2.45. The predicted molar refractivity (Wildman–Crippen MR) is 436 cm³/mol. The fraction of sp³-hybridized carbons (Fsp3) is 0.586. The number of allylic oxidation sites excluding steroid dienone is 32. The zero-order chi connectivity index (χ0) is 77.4. The number of carbonyl (C=O) groups excluding carboxylic acids is 4. The Morgan fingerprint density at radius 1 is 0.274 bits per heavy atom. The number of hydrogen-bond donors (Lipinski definition) is 3. The summed E-state index contributed by atoms with van der Waals surface area (Å²) in [5.74, 6) is -2.34. The van der Waals surface area contributed by atoms with Crippen LogP contribution in [0.2, 0.25) is 0 Å². The summed E-state index contributed by atoms with van der Waals surface area (Å²) in [4.78, 5) is 73.0. The Kier molecular flexibility index (Phi) is 72.6. The molecule has 0 saturated carbocycles. The first-order valence-electron chi connectivity index (χ1n) is 39.7. The molecule has 19 heteroatoms. The van der Waals surface area contributed by atoms with E-state index in [1.54, 1.807) is 0 Å². The van der Waals surface area contributed by atoms with Gasteiger partial charge in [0.05, 0.1) is 26.4 Å². The highest BCUT2D eigenvalue weighted by Gasteiger charge is 2.30. The number of carbonyl (C=O) groups is 4. The maximum absolute atomic E-state index is 13.1. The number of esters is 4. The Hall–Kier alpha value is -6.10. The van der Waals surface area contributed by atoms with Gasteiger partial charge in [-0.05, 0) is 173 Å². The lowest BCUT2D eigenvalue weighted by Crippen LogP contribution is -2.30. The van der Waals surface area contributed by atoms with E-state index in [0.717, 1.165) is 186 Å². The van der Waals surface area contributed by atoms with Gasteiger partial charge in [-0.25, -0.2) is 9.13 Å². The molecule has 0 heterocycles. The first-order valence-corrected chi connectivity index (χ1v) is 42.7. The first-order chi connectivity index (χ1) is 51.7. The number of aliphatic hydroxyl groups excluding tert-OH is 1. The van der Waals surface area contributed by atoms with Crippen LogP contribution in [0.3, 0.4) is 0 Å². The summed E-state index contributed by atoms with van der Waals surface area (Å²) in [6, 6.07) is 0. The molecule has 0 fully saturated rings. The van der Waals surface area contributed by atoms with Gasteiger partial charge in [-0.1, -0.05) is 267 Å². The Labute approximate surface area is 640 Å². The Balaban J connectivity index is 5.50. The fourth-order valence-electron chi connectivity index (χ4n) is 9.60. The van der Waals surface area contributed by atoms with E-state index in [0.29, 0.717) is 32.1 Å². The van der Waals surface area contributed by atoms with Crippen LogP contribution in [0, 0.1) is 0 Å². The van der Waals surface area contributed by atoms with Crippen LogP contribution in [-0.4, -0.2) is 96.7 Å². The van der Waals surface area contributed by atoms with Gasteiger partial charge in [0.2, 0.25) is 0 Å². The fourth-order valence-corrected chi connectivity index (χ4v) is 11.2. The lowest BCUT2D eigenvalue weighted by Gasteiger charge is -2.21. The average Bonchev–Trinajstić information content (AvgIpc) is 0.907. The van der Waals surface area contributed by atoms with Gasteiger partial charge in [-0.15, -0.1) is 0 Å². The Bertz CT molecular complexity index is 2780. The van der Waals surface area contributed by atoms with Gasteiger partial charge in [0.15, 0.2) is 12.2 Å². The Morgan fingerprint density at radius 3 is 0.802 bits per heavy atom. The molecule has 106 heavy (non-hydrogen) atoms. The van der Waals surface area contributed by atoms with E-state index in [4.69, 9.17) is 37.0 Å². The van der Waals surface area contributed by atoms with Gasteiger partial charge in [0.1, 0.15) is 19.3 Å². The number of phosphoric acid groups is 2. The second-order valence-corrected chi connectivity index (χ2v) is 28.4. The third-order valence-electron chi connectivity index (χ3n) is 15.5. The van der Waals surface area contributed by atoms with Crippen molar-refractivity contribution in [3.8, 4) is 0 Å². The number of ether oxygens (including phenoxy) is 4. The smallest absolute Gasteiger partial charge is 0.462 e. The molecule has 0 aromatic heterocycles. The summed E-state index contributed by atoms with van der Waals surface area (Å²) in [6.45, 7) is 4.29. The Morgan fingerprint density at radius 2 is 0.500 bits per heavy atom. The maximum Gasteiger partial charge on any atom is 0.472 e.